The maximum Gasteiger partial charge on any atom is 1.00 e. The SMILES string of the molecule is O=C(CCCCCCCC(=O)N/N=C/c1ccc(C(=O)[O-])s1)N/N=C/c1ccc(C(=O)[O-])s1.[K+].[K+]. The van der Waals surface area contributed by atoms with Crippen molar-refractivity contribution in [2.24, 2.45) is 10.2 Å². The first-order valence-electron chi connectivity index (χ1n) is 10.1. The summed E-state index contributed by atoms with van der Waals surface area (Å²) in [6.45, 7) is 0. The van der Waals surface area contributed by atoms with Gasteiger partial charge in [0.15, 0.2) is 0 Å². The third-order valence-electron chi connectivity index (χ3n) is 4.23. The smallest absolute Gasteiger partial charge is 0.544 e. The van der Waals surface area contributed by atoms with Crippen LogP contribution in [0, 0.1) is 0 Å². The Hall–Kier alpha value is -0.107. The van der Waals surface area contributed by atoms with Gasteiger partial charge in [-0.15, -0.1) is 22.7 Å². The molecule has 0 fully saturated rings. The first kappa shape index (κ1) is 34.9. The first-order chi connectivity index (χ1) is 15.8. The van der Waals surface area contributed by atoms with Gasteiger partial charge in [0.05, 0.1) is 34.1 Å². The third-order valence-corrected chi connectivity index (χ3v) is 6.23. The molecule has 2 heterocycles. The van der Waals surface area contributed by atoms with Crippen molar-refractivity contribution >= 4 is 58.9 Å². The van der Waals surface area contributed by atoms with Gasteiger partial charge in [0.2, 0.25) is 11.8 Å². The van der Waals surface area contributed by atoms with Gasteiger partial charge in [-0.05, 0) is 37.1 Å². The second kappa shape index (κ2) is 19.9. The minimum absolute atomic E-state index is 0. The average molecular weight is 569 g/mol. The molecule has 0 atom stereocenters. The molecule has 0 spiro atoms. The van der Waals surface area contributed by atoms with Crippen LogP contribution in [-0.4, -0.2) is 36.2 Å². The molecular weight excluding hydrogens is 547 g/mol. The van der Waals surface area contributed by atoms with Crippen LogP contribution in [0.1, 0.15) is 74.0 Å². The molecule has 0 bridgehead atoms. The van der Waals surface area contributed by atoms with Crippen molar-refractivity contribution in [3.8, 4) is 0 Å². The van der Waals surface area contributed by atoms with E-state index in [1.54, 1.807) is 12.1 Å². The maximum atomic E-state index is 11.7. The number of unbranched alkanes of at least 4 members (excludes halogenated alkanes) is 4. The van der Waals surface area contributed by atoms with Crippen molar-refractivity contribution in [3.05, 3.63) is 43.8 Å². The summed E-state index contributed by atoms with van der Waals surface area (Å²) >= 11 is 2.02. The number of amides is 2. The molecule has 2 amide bonds. The second-order valence-corrected chi connectivity index (χ2v) is 9.06. The second-order valence-electron chi connectivity index (χ2n) is 6.83. The van der Waals surface area contributed by atoms with Crippen molar-refractivity contribution in [2.75, 3.05) is 0 Å². The molecule has 2 aromatic rings. The van der Waals surface area contributed by atoms with E-state index in [2.05, 4.69) is 21.1 Å². The zero-order valence-electron chi connectivity index (χ0n) is 19.6. The molecule has 0 aliphatic carbocycles. The van der Waals surface area contributed by atoms with Gasteiger partial charge in [-0.1, -0.05) is 19.3 Å². The van der Waals surface area contributed by atoms with Crippen LogP contribution in [0.25, 0.3) is 0 Å². The monoisotopic (exact) mass is 568 g/mol. The predicted octanol–water partition coefficient (Wildman–Crippen LogP) is -5.12. The van der Waals surface area contributed by atoms with E-state index in [1.807, 2.05) is 0 Å². The van der Waals surface area contributed by atoms with Crippen LogP contribution in [0.2, 0.25) is 0 Å². The molecular formula is C21H22K2N4O6S2. The molecule has 0 aromatic carbocycles. The average Bonchev–Trinajstić information content (AvgIpc) is 3.43. The number of hydrogen-bond donors (Lipinski definition) is 2. The Morgan fingerprint density at radius 2 is 1.06 bits per heavy atom. The number of thiophene rings is 2. The summed E-state index contributed by atoms with van der Waals surface area (Å²) < 4.78 is 0. The van der Waals surface area contributed by atoms with Crippen LogP contribution in [0.5, 0.6) is 0 Å². The molecule has 10 nitrogen and oxygen atoms in total. The van der Waals surface area contributed by atoms with E-state index in [9.17, 15) is 29.4 Å². The van der Waals surface area contributed by atoms with Gasteiger partial charge in [0.1, 0.15) is 0 Å². The molecule has 0 saturated heterocycles. The fourth-order valence-corrected chi connectivity index (χ4v) is 4.04. The Morgan fingerprint density at radius 1 is 0.686 bits per heavy atom. The van der Waals surface area contributed by atoms with Crippen molar-refractivity contribution < 1.29 is 132 Å². The number of aromatic carboxylic acids is 2. The van der Waals surface area contributed by atoms with Crippen LogP contribution in [0.4, 0.5) is 0 Å². The van der Waals surface area contributed by atoms with Gasteiger partial charge < -0.3 is 19.8 Å². The van der Waals surface area contributed by atoms with Gasteiger partial charge in [0.25, 0.3) is 0 Å². The van der Waals surface area contributed by atoms with Gasteiger partial charge >= 0.3 is 103 Å². The number of carboxylic acids is 2. The molecule has 2 aromatic heterocycles. The number of hydrazone groups is 2. The first-order valence-corrected chi connectivity index (χ1v) is 11.7. The molecule has 35 heavy (non-hydrogen) atoms. The molecule has 0 unspecified atom stereocenters. The molecule has 0 radical (unpaired) electrons. The number of carbonyl (C=O) groups excluding carboxylic acids is 4. The minimum Gasteiger partial charge on any atom is -0.544 e. The third kappa shape index (κ3) is 15.0. The number of carbonyl (C=O) groups is 4. The van der Waals surface area contributed by atoms with E-state index in [4.69, 9.17) is 0 Å². The largest absolute Gasteiger partial charge is 1.00 e. The summed E-state index contributed by atoms with van der Waals surface area (Å²) in [7, 11) is 0. The van der Waals surface area contributed by atoms with Gasteiger partial charge in [-0.2, -0.15) is 10.2 Å². The van der Waals surface area contributed by atoms with Crippen molar-refractivity contribution in [3.63, 3.8) is 0 Å². The van der Waals surface area contributed by atoms with Crippen LogP contribution >= 0.6 is 22.7 Å². The van der Waals surface area contributed by atoms with Crippen LogP contribution in [-0.2, 0) is 9.59 Å². The van der Waals surface area contributed by atoms with E-state index in [1.165, 1.54) is 24.6 Å². The Kier molecular flexibility index (Phi) is 19.9. The Labute approximate surface area is 295 Å². The molecule has 176 valence electrons. The van der Waals surface area contributed by atoms with E-state index >= 15 is 0 Å². The van der Waals surface area contributed by atoms with Crippen LogP contribution < -0.4 is 124 Å². The van der Waals surface area contributed by atoms with Crippen molar-refractivity contribution in [2.45, 2.75) is 44.9 Å². The quantitative estimate of drug-likeness (QED) is 0.100. The van der Waals surface area contributed by atoms with Crippen LogP contribution in [0.15, 0.2) is 34.5 Å². The van der Waals surface area contributed by atoms with Crippen molar-refractivity contribution in [1.29, 1.82) is 0 Å². The Balaban J connectivity index is 0.00000578. The number of rotatable bonds is 14. The number of carboxylic acid groups (broad SMARTS) is 2. The van der Waals surface area contributed by atoms with E-state index < -0.39 is 11.9 Å². The van der Waals surface area contributed by atoms with Gasteiger partial charge in [0, 0.05) is 22.6 Å². The molecule has 2 N–H and O–H groups in total. The van der Waals surface area contributed by atoms with E-state index in [0.29, 0.717) is 35.4 Å². The predicted molar refractivity (Wildman–Crippen MR) is 121 cm³/mol. The number of nitrogens with zero attached hydrogens (tertiary/aromatic N) is 2. The standard InChI is InChI=1S/C21H24N4O6S2.2K/c26-18(24-22-12-14-8-10-16(32-14)20(28)29)6-4-2-1-3-5-7-19(27)25-23-13-15-9-11-17(33-15)21(30)31;;/h8-13H,1-7H2,(H,24,26)(H,25,27)(H,28,29)(H,30,31);;/q;2*+1/p-2/b22-12+,23-13+;;. The molecule has 0 saturated carbocycles. The summed E-state index contributed by atoms with van der Waals surface area (Å²) in [6, 6.07) is 6.00. The van der Waals surface area contributed by atoms with E-state index in [0.717, 1.165) is 41.9 Å². The Morgan fingerprint density at radius 3 is 1.40 bits per heavy atom. The summed E-state index contributed by atoms with van der Waals surface area (Å²) in [5.74, 6) is -2.94. The van der Waals surface area contributed by atoms with E-state index in [-0.39, 0.29) is 124 Å². The maximum absolute atomic E-state index is 11.7. The van der Waals surface area contributed by atoms with Crippen LogP contribution in [0.3, 0.4) is 0 Å². The fourth-order valence-electron chi connectivity index (χ4n) is 2.61. The summed E-state index contributed by atoms with van der Waals surface area (Å²) in [5, 5.41) is 29.0. The number of hydrogen-bond acceptors (Lipinski definition) is 10. The molecule has 14 heteroatoms. The molecule has 0 aliphatic rings. The summed E-state index contributed by atoms with van der Waals surface area (Å²) in [4.78, 5) is 46.3. The minimum atomic E-state index is -1.25. The van der Waals surface area contributed by atoms with Gasteiger partial charge in [-0.25, -0.2) is 10.9 Å². The van der Waals surface area contributed by atoms with Gasteiger partial charge in [-0.3, -0.25) is 9.59 Å². The zero-order valence-corrected chi connectivity index (χ0v) is 27.5. The molecule has 0 aliphatic heterocycles. The van der Waals surface area contributed by atoms with Crippen molar-refractivity contribution in [1.82, 2.24) is 10.9 Å². The Bertz CT molecular complexity index is 958. The zero-order chi connectivity index (χ0) is 24.1. The fraction of sp³-hybridized carbons (Fsp3) is 0.333. The molecule has 2 rings (SSSR count). The topological polar surface area (TPSA) is 163 Å². The normalized spacial score (nSPS) is 10.5. The summed E-state index contributed by atoms with van der Waals surface area (Å²) in [6.07, 6.45) is 7.37. The summed E-state index contributed by atoms with van der Waals surface area (Å²) in [5.41, 5.74) is 4.80. The number of nitrogens with one attached hydrogen (secondary N) is 2.